The number of nitrogens with one attached hydrogen (secondary N) is 1. The fourth-order valence-corrected chi connectivity index (χ4v) is 3.74. The zero-order chi connectivity index (χ0) is 23.9. The number of benzene rings is 3. The van der Waals surface area contributed by atoms with Gasteiger partial charge < -0.3 is 10.1 Å². The molecule has 0 fully saturated rings. The first-order valence-corrected chi connectivity index (χ1v) is 11.0. The van der Waals surface area contributed by atoms with Crippen LogP contribution in [0.25, 0.3) is 0 Å². The quantitative estimate of drug-likeness (QED) is 0.303. The van der Waals surface area contributed by atoms with Gasteiger partial charge in [0.15, 0.2) is 6.61 Å². The van der Waals surface area contributed by atoms with Gasteiger partial charge >= 0.3 is 5.97 Å². The lowest BCUT2D eigenvalue weighted by molar-refractivity contribution is -0.124. The number of ether oxygens (including phenoxy) is 1. The number of amides is 3. The number of hydrogen-bond donors (Lipinski definition) is 1. The van der Waals surface area contributed by atoms with Gasteiger partial charge in [-0.05, 0) is 48.2 Å². The highest BCUT2D eigenvalue weighted by Gasteiger charge is 2.34. The van der Waals surface area contributed by atoms with Gasteiger partial charge in [0.2, 0.25) is 0 Å². The molecular weight excluding hydrogens is 432 g/mol. The SMILES string of the molecule is O=C(COC(=O)c1ccc(CN2C(=O)c3ccccc3C2=O)cc1)NCCCc1ccccc1. The molecule has 0 bridgehead atoms. The Labute approximate surface area is 197 Å². The minimum Gasteiger partial charge on any atom is -0.452 e. The molecule has 3 aromatic rings. The van der Waals surface area contributed by atoms with E-state index < -0.39 is 5.97 Å². The van der Waals surface area contributed by atoms with Crippen molar-refractivity contribution < 1.29 is 23.9 Å². The van der Waals surface area contributed by atoms with Crippen LogP contribution in [-0.2, 0) is 22.5 Å². The van der Waals surface area contributed by atoms with Gasteiger partial charge in [0, 0.05) is 6.54 Å². The molecule has 7 nitrogen and oxygen atoms in total. The van der Waals surface area contributed by atoms with Gasteiger partial charge in [0.1, 0.15) is 0 Å². The van der Waals surface area contributed by atoms with E-state index in [2.05, 4.69) is 5.32 Å². The average Bonchev–Trinajstić information content (AvgIpc) is 3.11. The first-order valence-electron chi connectivity index (χ1n) is 11.0. The van der Waals surface area contributed by atoms with Crippen LogP contribution in [0.5, 0.6) is 0 Å². The zero-order valence-corrected chi connectivity index (χ0v) is 18.5. The topological polar surface area (TPSA) is 92.8 Å². The Bertz CT molecular complexity index is 1170. The van der Waals surface area contributed by atoms with Crippen molar-refractivity contribution in [1.29, 1.82) is 0 Å². The summed E-state index contributed by atoms with van der Waals surface area (Å²) < 4.78 is 5.09. The third kappa shape index (κ3) is 5.38. The van der Waals surface area contributed by atoms with Crippen LogP contribution in [0.3, 0.4) is 0 Å². The smallest absolute Gasteiger partial charge is 0.338 e. The lowest BCUT2D eigenvalue weighted by Gasteiger charge is -2.14. The Morgan fingerprint density at radius 3 is 2.03 bits per heavy atom. The van der Waals surface area contributed by atoms with Crippen LogP contribution in [0.15, 0.2) is 78.9 Å². The van der Waals surface area contributed by atoms with Crippen LogP contribution >= 0.6 is 0 Å². The number of imide groups is 1. The zero-order valence-electron chi connectivity index (χ0n) is 18.5. The van der Waals surface area contributed by atoms with Crippen molar-refractivity contribution in [3.8, 4) is 0 Å². The summed E-state index contributed by atoms with van der Waals surface area (Å²) in [6, 6.07) is 23.1. The Hall–Kier alpha value is -4.26. The average molecular weight is 456 g/mol. The summed E-state index contributed by atoms with van der Waals surface area (Å²) in [5, 5.41) is 2.74. The van der Waals surface area contributed by atoms with E-state index in [9.17, 15) is 19.2 Å². The van der Waals surface area contributed by atoms with E-state index in [1.807, 2.05) is 30.3 Å². The summed E-state index contributed by atoms with van der Waals surface area (Å²) in [6.45, 7) is 0.242. The van der Waals surface area contributed by atoms with E-state index in [0.29, 0.717) is 23.2 Å². The molecule has 3 aromatic carbocycles. The molecule has 0 aromatic heterocycles. The number of esters is 1. The van der Waals surface area contributed by atoms with Crippen LogP contribution in [-0.4, -0.2) is 41.7 Å². The molecule has 0 aliphatic carbocycles. The molecule has 0 saturated heterocycles. The first kappa shape index (κ1) is 22.9. The number of carbonyl (C=O) groups excluding carboxylic acids is 4. The molecule has 0 spiro atoms. The number of carbonyl (C=O) groups is 4. The molecule has 34 heavy (non-hydrogen) atoms. The normalized spacial score (nSPS) is 12.4. The Kier molecular flexibility index (Phi) is 7.13. The predicted molar refractivity (Wildman–Crippen MR) is 125 cm³/mol. The van der Waals surface area contributed by atoms with Gasteiger partial charge in [-0.15, -0.1) is 0 Å². The molecular formula is C27H24N2O5. The third-order valence-corrected chi connectivity index (χ3v) is 5.55. The molecule has 1 aliphatic rings. The van der Waals surface area contributed by atoms with Crippen LogP contribution in [0.4, 0.5) is 0 Å². The second-order valence-corrected chi connectivity index (χ2v) is 7.95. The summed E-state index contributed by atoms with van der Waals surface area (Å²) >= 11 is 0. The summed E-state index contributed by atoms with van der Waals surface area (Å²) in [4.78, 5) is 50.4. The molecule has 0 radical (unpaired) electrons. The van der Waals surface area contributed by atoms with E-state index in [0.717, 1.165) is 12.8 Å². The molecule has 1 heterocycles. The van der Waals surface area contributed by atoms with Crippen molar-refractivity contribution in [2.75, 3.05) is 13.2 Å². The molecule has 1 aliphatic heterocycles. The van der Waals surface area contributed by atoms with Gasteiger partial charge in [-0.3, -0.25) is 19.3 Å². The Morgan fingerprint density at radius 1 is 0.765 bits per heavy atom. The van der Waals surface area contributed by atoms with E-state index in [1.54, 1.807) is 48.5 Å². The first-order chi connectivity index (χ1) is 16.5. The van der Waals surface area contributed by atoms with Crippen LogP contribution in [0, 0.1) is 0 Å². The van der Waals surface area contributed by atoms with Gasteiger partial charge in [0.05, 0.1) is 23.2 Å². The maximum Gasteiger partial charge on any atom is 0.338 e. The summed E-state index contributed by atoms with van der Waals surface area (Å²) in [5.41, 5.74) is 2.97. The minimum atomic E-state index is -0.619. The monoisotopic (exact) mass is 456 g/mol. The molecule has 3 amide bonds. The molecule has 0 saturated carbocycles. The second kappa shape index (κ2) is 10.6. The standard InChI is InChI=1S/C27H24N2O5/c30-24(28-16-6-9-19-7-2-1-3-8-19)18-34-27(33)21-14-12-20(13-15-21)17-29-25(31)22-10-4-5-11-23(22)26(29)32/h1-5,7-8,10-15H,6,9,16-18H2,(H,28,30). The molecule has 0 unspecified atom stereocenters. The fraction of sp³-hybridized carbons (Fsp3) is 0.185. The lowest BCUT2D eigenvalue weighted by atomic mass is 10.1. The number of hydrogen-bond acceptors (Lipinski definition) is 5. The fourth-order valence-electron chi connectivity index (χ4n) is 3.74. The van der Waals surface area contributed by atoms with Gasteiger partial charge in [-0.2, -0.15) is 0 Å². The Balaban J connectivity index is 1.21. The molecule has 4 rings (SSSR count). The number of fused-ring (bicyclic) bond motifs is 1. The van der Waals surface area contributed by atoms with Gasteiger partial charge in [-0.25, -0.2) is 4.79 Å². The van der Waals surface area contributed by atoms with E-state index in [1.165, 1.54) is 10.5 Å². The van der Waals surface area contributed by atoms with Crippen molar-refractivity contribution >= 4 is 23.7 Å². The van der Waals surface area contributed by atoms with E-state index in [-0.39, 0.29) is 36.4 Å². The van der Waals surface area contributed by atoms with Crippen molar-refractivity contribution in [3.05, 3.63) is 107 Å². The highest BCUT2D eigenvalue weighted by Crippen LogP contribution is 2.24. The largest absolute Gasteiger partial charge is 0.452 e. The highest BCUT2D eigenvalue weighted by molar-refractivity contribution is 6.21. The van der Waals surface area contributed by atoms with Gasteiger partial charge in [0.25, 0.3) is 17.7 Å². The summed E-state index contributed by atoms with van der Waals surface area (Å²) in [5.74, 6) is -1.65. The van der Waals surface area contributed by atoms with E-state index >= 15 is 0 Å². The maximum atomic E-state index is 12.5. The molecule has 172 valence electrons. The van der Waals surface area contributed by atoms with Crippen LogP contribution < -0.4 is 5.32 Å². The van der Waals surface area contributed by atoms with Crippen molar-refractivity contribution in [2.45, 2.75) is 19.4 Å². The minimum absolute atomic E-state index is 0.104. The van der Waals surface area contributed by atoms with Crippen molar-refractivity contribution in [3.63, 3.8) is 0 Å². The molecule has 0 atom stereocenters. The van der Waals surface area contributed by atoms with Gasteiger partial charge in [-0.1, -0.05) is 54.6 Å². The number of nitrogens with zero attached hydrogens (tertiary/aromatic N) is 1. The number of aryl methyl sites for hydroxylation is 1. The summed E-state index contributed by atoms with van der Waals surface area (Å²) in [6.07, 6.45) is 1.65. The molecule has 1 N–H and O–H groups in total. The van der Waals surface area contributed by atoms with E-state index in [4.69, 9.17) is 4.74 Å². The summed E-state index contributed by atoms with van der Waals surface area (Å²) in [7, 11) is 0. The van der Waals surface area contributed by atoms with Crippen molar-refractivity contribution in [1.82, 2.24) is 10.2 Å². The van der Waals surface area contributed by atoms with Crippen molar-refractivity contribution in [2.24, 2.45) is 0 Å². The maximum absolute atomic E-state index is 12.5. The molecule has 7 heteroatoms. The second-order valence-electron chi connectivity index (χ2n) is 7.95. The van der Waals surface area contributed by atoms with Crippen LogP contribution in [0.2, 0.25) is 0 Å². The Morgan fingerprint density at radius 2 is 1.38 bits per heavy atom. The predicted octanol–water partition coefficient (Wildman–Crippen LogP) is 3.39. The lowest BCUT2D eigenvalue weighted by Crippen LogP contribution is -2.30. The highest BCUT2D eigenvalue weighted by atomic mass is 16.5. The number of rotatable bonds is 9. The van der Waals surface area contributed by atoms with Crippen LogP contribution in [0.1, 0.15) is 48.6 Å². The third-order valence-electron chi connectivity index (χ3n) is 5.55.